The van der Waals surface area contributed by atoms with Crippen LogP contribution >= 0.6 is 0 Å². The predicted octanol–water partition coefficient (Wildman–Crippen LogP) is 4.91. The normalized spacial score (nSPS) is 16.8. The Morgan fingerprint density at radius 2 is 2.02 bits per heavy atom. The first kappa shape index (κ1) is 31.9. The van der Waals surface area contributed by atoms with Crippen LogP contribution in [0.5, 0.6) is 0 Å². The van der Waals surface area contributed by atoms with Gasteiger partial charge in [0, 0.05) is 44.9 Å². The van der Waals surface area contributed by atoms with Crippen LogP contribution in [0.15, 0.2) is 46.6 Å². The van der Waals surface area contributed by atoms with Crippen LogP contribution in [0.25, 0.3) is 11.0 Å². The van der Waals surface area contributed by atoms with Gasteiger partial charge in [0.25, 0.3) is 11.8 Å². The van der Waals surface area contributed by atoms with E-state index in [-0.39, 0.29) is 28.6 Å². The van der Waals surface area contributed by atoms with E-state index in [4.69, 9.17) is 14.2 Å². The Kier molecular flexibility index (Phi) is 9.72. The quantitative estimate of drug-likeness (QED) is 0.238. The van der Waals surface area contributed by atoms with Crippen LogP contribution in [0.1, 0.15) is 71.0 Å². The van der Waals surface area contributed by atoms with E-state index in [0.29, 0.717) is 44.8 Å². The Morgan fingerprint density at radius 3 is 2.67 bits per heavy atom. The van der Waals surface area contributed by atoms with Crippen molar-refractivity contribution < 1.29 is 18.8 Å². The van der Waals surface area contributed by atoms with Gasteiger partial charge in [-0.25, -0.2) is 4.98 Å². The third-order valence-corrected chi connectivity index (χ3v) is 7.98. The van der Waals surface area contributed by atoms with Crippen LogP contribution in [0.4, 0.5) is 5.95 Å². The molecule has 11 nitrogen and oxygen atoms in total. The molecule has 3 heterocycles. The number of hydrogen-bond acceptors (Lipinski definition) is 8. The van der Waals surface area contributed by atoms with E-state index < -0.39 is 11.5 Å². The molecule has 0 saturated carbocycles. The van der Waals surface area contributed by atoms with Crippen LogP contribution in [-0.4, -0.2) is 62.8 Å². The summed E-state index contributed by atoms with van der Waals surface area (Å²) in [5.41, 5.74) is 2.21. The summed E-state index contributed by atoms with van der Waals surface area (Å²) in [4.78, 5) is 32.6. The minimum atomic E-state index is -0.722. The van der Waals surface area contributed by atoms with Crippen molar-refractivity contribution in [2.24, 2.45) is 11.3 Å². The average molecular weight is 590 g/mol. The van der Waals surface area contributed by atoms with E-state index in [1.165, 1.54) is 12.3 Å². The zero-order chi connectivity index (χ0) is 31.4. The monoisotopic (exact) mass is 589 g/mol. The van der Waals surface area contributed by atoms with Crippen molar-refractivity contribution in [1.82, 2.24) is 24.9 Å². The van der Waals surface area contributed by atoms with Crippen LogP contribution in [-0.2, 0) is 22.6 Å². The predicted molar refractivity (Wildman–Crippen MR) is 164 cm³/mol. The van der Waals surface area contributed by atoms with Crippen molar-refractivity contribution in [1.29, 1.82) is 5.26 Å². The van der Waals surface area contributed by atoms with Crippen molar-refractivity contribution in [3.8, 4) is 6.07 Å². The Morgan fingerprint density at radius 1 is 1.26 bits per heavy atom. The maximum atomic E-state index is 13.3. The number of aromatic nitrogens is 3. The number of imidazole rings is 1. The molecule has 1 aliphatic heterocycles. The third kappa shape index (κ3) is 7.89. The highest BCUT2D eigenvalue weighted by atomic mass is 16.5. The Labute approximate surface area is 253 Å². The van der Waals surface area contributed by atoms with Gasteiger partial charge < -0.3 is 24.0 Å². The molecule has 0 bridgehead atoms. The number of nitriles is 1. The van der Waals surface area contributed by atoms with E-state index in [2.05, 4.69) is 55.6 Å². The molecule has 0 aliphatic carbocycles. The molecule has 0 unspecified atom stereocenters. The minimum absolute atomic E-state index is 0.0779. The summed E-state index contributed by atoms with van der Waals surface area (Å²) in [5, 5.41) is 19.8. The number of hydrogen-bond donors (Lipinski definition) is 2. The fourth-order valence-electron chi connectivity index (χ4n) is 5.14. The van der Waals surface area contributed by atoms with Gasteiger partial charge in [-0.2, -0.15) is 5.26 Å². The molecule has 43 heavy (non-hydrogen) atoms. The summed E-state index contributed by atoms with van der Waals surface area (Å²) in [7, 11) is 0. The largest absolute Gasteiger partial charge is 0.372 e. The number of anilines is 1. The first-order chi connectivity index (χ1) is 20.3. The Balaban J connectivity index is 1.56. The molecule has 11 heteroatoms. The summed E-state index contributed by atoms with van der Waals surface area (Å²) in [6.07, 6.45) is 3.77. The lowest BCUT2D eigenvalue weighted by Gasteiger charge is -2.28. The summed E-state index contributed by atoms with van der Waals surface area (Å²) in [5.74, 6) is -0.169. The van der Waals surface area contributed by atoms with Crippen LogP contribution in [0.3, 0.4) is 0 Å². The molecular weight excluding hydrogens is 546 g/mol. The second-order valence-corrected chi connectivity index (χ2v) is 12.8. The first-order valence-corrected chi connectivity index (χ1v) is 14.8. The van der Waals surface area contributed by atoms with E-state index in [0.717, 1.165) is 23.0 Å². The minimum Gasteiger partial charge on any atom is -0.372 e. The zero-order valence-electron chi connectivity index (χ0n) is 26.2. The van der Waals surface area contributed by atoms with Crippen LogP contribution in [0.2, 0.25) is 0 Å². The van der Waals surface area contributed by atoms with Crippen molar-refractivity contribution in [2.75, 3.05) is 25.0 Å². The fraction of sp³-hybridized carbons (Fsp3) is 0.531. The Hall–Kier alpha value is -4.01. The molecule has 4 rings (SSSR count). The molecular formula is C32H43N7O4. The number of fused-ring (bicyclic) bond motifs is 1. The smallest absolute Gasteiger partial charge is 0.296 e. The van der Waals surface area contributed by atoms with Gasteiger partial charge in [-0.1, -0.05) is 32.0 Å². The molecule has 1 aliphatic rings. The number of amides is 2. The van der Waals surface area contributed by atoms with Crippen molar-refractivity contribution in [3.05, 3.63) is 53.4 Å². The number of ether oxygens (including phenoxy) is 1. The molecule has 2 atom stereocenters. The highest BCUT2D eigenvalue weighted by molar-refractivity contribution is 6.02. The second kappa shape index (κ2) is 13.1. The third-order valence-electron chi connectivity index (χ3n) is 7.98. The maximum Gasteiger partial charge on any atom is 0.296 e. The van der Waals surface area contributed by atoms with Crippen molar-refractivity contribution in [3.63, 3.8) is 0 Å². The van der Waals surface area contributed by atoms with Gasteiger partial charge in [-0.05, 0) is 69.2 Å². The number of carbonyl (C=O) groups is 2. The van der Waals surface area contributed by atoms with E-state index in [1.807, 2.05) is 37.5 Å². The highest BCUT2D eigenvalue weighted by Crippen LogP contribution is 2.28. The van der Waals surface area contributed by atoms with Crippen molar-refractivity contribution in [2.45, 2.75) is 79.6 Å². The van der Waals surface area contributed by atoms with Crippen LogP contribution < -0.4 is 10.6 Å². The topological polar surface area (TPSA) is 138 Å². The number of carbonyl (C=O) groups excluding carboxylic acids is 2. The molecule has 230 valence electrons. The SMILES string of the molecule is CCOC(C)(C)/C=C(\C#N)C(=O)N1CC[C@H](Cn2c(NC(=O)c3ccno3)nc3cc(CN[C@@H](C)C(C)(C)C)ccc32)C1. The first-order valence-electron chi connectivity index (χ1n) is 14.8. The number of nitrogens with one attached hydrogen (secondary N) is 2. The van der Waals surface area contributed by atoms with Gasteiger partial charge in [0.1, 0.15) is 11.6 Å². The van der Waals surface area contributed by atoms with Crippen LogP contribution in [0, 0.1) is 22.7 Å². The maximum absolute atomic E-state index is 13.3. The zero-order valence-corrected chi connectivity index (χ0v) is 26.2. The Bertz CT molecular complexity index is 1510. The molecule has 2 N–H and O–H groups in total. The lowest BCUT2D eigenvalue weighted by Crippen LogP contribution is -2.37. The standard InChI is InChI=1S/C32H43N7O4/c1-8-42-32(6,7)16-24(17-33)29(41)38-14-12-23(19-38)20-39-26-10-9-22(18-34-21(2)31(3,4)5)15-25(26)36-30(39)37-28(40)27-11-13-35-43-27/h9-11,13,15-16,21,23,34H,8,12,14,18-20H2,1-7H3,(H,36,37,40)/b24-16+/t21-,23-/m0/s1. The molecule has 2 aromatic heterocycles. The van der Waals surface area contributed by atoms with Crippen molar-refractivity contribution >= 4 is 28.8 Å². The lowest BCUT2D eigenvalue weighted by atomic mass is 9.88. The number of nitrogens with zero attached hydrogens (tertiary/aromatic N) is 5. The summed E-state index contributed by atoms with van der Waals surface area (Å²) in [6, 6.07) is 10.00. The number of rotatable bonds is 11. The van der Waals surface area contributed by atoms with Gasteiger partial charge in [-0.3, -0.25) is 14.9 Å². The molecule has 0 spiro atoms. The molecule has 1 fully saturated rings. The van der Waals surface area contributed by atoms with E-state index in [9.17, 15) is 14.9 Å². The molecule has 1 aromatic carbocycles. The van der Waals surface area contributed by atoms with Gasteiger partial charge in [0.2, 0.25) is 11.7 Å². The second-order valence-electron chi connectivity index (χ2n) is 12.8. The number of benzene rings is 1. The van der Waals surface area contributed by atoms with E-state index in [1.54, 1.807) is 11.0 Å². The summed E-state index contributed by atoms with van der Waals surface area (Å²) in [6.45, 7) is 17.0. The average Bonchev–Trinajstić information content (AvgIpc) is 3.71. The van der Waals surface area contributed by atoms with Gasteiger partial charge in [0.05, 0.1) is 22.8 Å². The van der Waals surface area contributed by atoms with E-state index >= 15 is 0 Å². The van der Waals surface area contributed by atoms with Gasteiger partial charge >= 0.3 is 0 Å². The molecule has 1 saturated heterocycles. The summed E-state index contributed by atoms with van der Waals surface area (Å²) >= 11 is 0. The molecule has 3 aromatic rings. The molecule has 2 amide bonds. The van der Waals surface area contributed by atoms with Gasteiger partial charge in [-0.15, -0.1) is 0 Å². The number of likely N-dealkylation sites (tertiary alicyclic amines) is 1. The molecule has 0 radical (unpaired) electrons. The van der Waals surface area contributed by atoms with Gasteiger partial charge in [0.15, 0.2) is 0 Å². The highest BCUT2D eigenvalue weighted by Gasteiger charge is 2.31. The lowest BCUT2D eigenvalue weighted by molar-refractivity contribution is -0.126. The fourth-order valence-corrected chi connectivity index (χ4v) is 5.14. The summed E-state index contributed by atoms with van der Waals surface area (Å²) < 4.78 is 12.7.